The van der Waals surface area contributed by atoms with Gasteiger partial charge in [0.2, 0.25) is 11.6 Å². The predicted molar refractivity (Wildman–Crippen MR) is 88.8 cm³/mol. The SMILES string of the molecule is N#Cc1nc(-c2ccco2)oc1N1CCN(C(=O)NCC2CC2)CC1. The number of nitrogens with one attached hydrogen (secondary N) is 1. The highest BCUT2D eigenvalue weighted by molar-refractivity contribution is 5.74. The van der Waals surface area contributed by atoms with Crippen molar-refractivity contribution in [3.05, 3.63) is 24.1 Å². The van der Waals surface area contributed by atoms with Crippen LogP contribution >= 0.6 is 0 Å². The van der Waals surface area contributed by atoms with E-state index in [1.165, 1.54) is 19.1 Å². The third-order valence-corrected chi connectivity index (χ3v) is 4.54. The lowest BCUT2D eigenvalue weighted by Crippen LogP contribution is -2.52. The van der Waals surface area contributed by atoms with E-state index in [2.05, 4.69) is 16.4 Å². The average Bonchev–Trinajstić information content (AvgIpc) is 3.13. The molecule has 1 N–H and O–H groups in total. The number of furan rings is 1. The Morgan fingerprint density at radius 1 is 1.36 bits per heavy atom. The van der Waals surface area contributed by atoms with E-state index in [0.717, 1.165) is 6.54 Å². The summed E-state index contributed by atoms with van der Waals surface area (Å²) in [4.78, 5) is 20.1. The highest BCUT2D eigenvalue weighted by Gasteiger charge is 2.28. The number of anilines is 1. The number of hydrogen-bond donors (Lipinski definition) is 1. The first-order valence-corrected chi connectivity index (χ1v) is 8.47. The Bertz CT molecular complexity index is 780. The minimum absolute atomic E-state index is 0.0131. The molecule has 3 heterocycles. The molecule has 8 nitrogen and oxygen atoms in total. The van der Waals surface area contributed by atoms with Crippen molar-refractivity contribution in [1.29, 1.82) is 5.26 Å². The van der Waals surface area contributed by atoms with Gasteiger partial charge in [-0.1, -0.05) is 0 Å². The number of piperazine rings is 1. The van der Waals surface area contributed by atoms with Gasteiger partial charge in [-0.05, 0) is 30.9 Å². The van der Waals surface area contributed by atoms with E-state index in [9.17, 15) is 10.1 Å². The minimum Gasteiger partial charge on any atom is -0.459 e. The Balaban J connectivity index is 1.40. The van der Waals surface area contributed by atoms with E-state index < -0.39 is 0 Å². The molecule has 1 aliphatic heterocycles. The van der Waals surface area contributed by atoms with Gasteiger partial charge in [-0.15, -0.1) is 0 Å². The van der Waals surface area contributed by atoms with Gasteiger partial charge in [-0.25, -0.2) is 4.79 Å². The van der Waals surface area contributed by atoms with Crippen molar-refractivity contribution in [2.45, 2.75) is 12.8 Å². The summed E-state index contributed by atoms with van der Waals surface area (Å²) in [6, 6.07) is 5.53. The number of amides is 2. The maximum atomic E-state index is 12.2. The normalized spacial score (nSPS) is 17.4. The second-order valence-corrected chi connectivity index (χ2v) is 6.37. The van der Waals surface area contributed by atoms with Crippen molar-refractivity contribution >= 4 is 11.9 Å². The molecular weight excluding hydrogens is 322 g/mol. The van der Waals surface area contributed by atoms with E-state index in [1.807, 2.05) is 4.90 Å². The number of nitrogens with zero attached hydrogens (tertiary/aromatic N) is 4. The Hall–Kier alpha value is -2.95. The Morgan fingerprint density at radius 2 is 2.16 bits per heavy atom. The number of aromatic nitrogens is 1. The second-order valence-electron chi connectivity index (χ2n) is 6.37. The molecule has 1 aliphatic carbocycles. The van der Waals surface area contributed by atoms with Gasteiger partial charge in [-0.2, -0.15) is 10.2 Å². The zero-order valence-electron chi connectivity index (χ0n) is 13.8. The number of oxazole rings is 1. The quantitative estimate of drug-likeness (QED) is 0.914. The second kappa shape index (κ2) is 6.51. The van der Waals surface area contributed by atoms with E-state index in [-0.39, 0.29) is 11.7 Å². The van der Waals surface area contributed by atoms with Crippen molar-refractivity contribution in [1.82, 2.24) is 15.2 Å². The van der Waals surface area contributed by atoms with Crippen LogP contribution in [0.2, 0.25) is 0 Å². The molecule has 2 fully saturated rings. The molecule has 0 unspecified atom stereocenters. The van der Waals surface area contributed by atoms with Crippen LogP contribution in [-0.4, -0.2) is 48.6 Å². The lowest BCUT2D eigenvalue weighted by Gasteiger charge is -2.34. The van der Waals surface area contributed by atoms with Crippen LogP contribution in [0, 0.1) is 17.2 Å². The maximum absolute atomic E-state index is 12.2. The predicted octanol–water partition coefficient (Wildman–Crippen LogP) is 2.05. The number of hydrogen-bond acceptors (Lipinski definition) is 6. The fraction of sp³-hybridized carbons (Fsp3) is 0.471. The van der Waals surface area contributed by atoms with Crippen LogP contribution in [0.3, 0.4) is 0 Å². The summed E-state index contributed by atoms with van der Waals surface area (Å²) in [5.74, 6) is 1.88. The third kappa shape index (κ3) is 3.31. The number of rotatable bonds is 4. The van der Waals surface area contributed by atoms with Crippen LogP contribution in [0.15, 0.2) is 27.2 Å². The highest BCUT2D eigenvalue weighted by atomic mass is 16.4. The average molecular weight is 341 g/mol. The molecule has 2 aromatic heterocycles. The van der Waals surface area contributed by atoms with E-state index in [4.69, 9.17) is 8.83 Å². The van der Waals surface area contributed by atoms with Crippen LogP contribution in [0.1, 0.15) is 18.5 Å². The minimum atomic E-state index is -0.0131. The first kappa shape index (κ1) is 15.6. The van der Waals surface area contributed by atoms with E-state index >= 15 is 0 Å². The summed E-state index contributed by atoms with van der Waals surface area (Å²) >= 11 is 0. The molecule has 2 aliphatic rings. The van der Waals surface area contributed by atoms with Crippen LogP contribution in [0.5, 0.6) is 0 Å². The van der Waals surface area contributed by atoms with Gasteiger partial charge in [0.15, 0.2) is 5.76 Å². The Kier molecular flexibility index (Phi) is 4.06. The van der Waals surface area contributed by atoms with Gasteiger partial charge in [0, 0.05) is 32.7 Å². The molecule has 0 radical (unpaired) electrons. The van der Waals surface area contributed by atoms with Crippen molar-refractivity contribution in [2.24, 2.45) is 5.92 Å². The summed E-state index contributed by atoms with van der Waals surface area (Å²) in [7, 11) is 0. The third-order valence-electron chi connectivity index (χ3n) is 4.54. The molecule has 2 amide bonds. The fourth-order valence-electron chi connectivity index (χ4n) is 2.88. The number of nitriles is 1. The lowest BCUT2D eigenvalue weighted by atomic mass is 10.3. The topological polar surface area (TPSA) is 98.5 Å². The van der Waals surface area contributed by atoms with Gasteiger partial charge in [0.05, 0.1) is 6.26 Å². The Labute approximate surface area is 145 Å². The molecule has 1 saturated heterocycles. The first-order chi connectivity index (χ1) is 12.2. The molecule has 130 valence electrons. The van der Waals surface area contributed by atoms with E-state index in [1.54, 1.807) is 17.0 Å². The summed E-state index contributed by atoms with van der Waals surface area (Å²) in [5, 5.41) is 12.3. The smallest absolute Gasteiger partial charge is 0.317 e. The zero-order valence-corrected chi connectivity index (χ0v) is 13.8. The molecule has 4 rings (SSSR count). The van der Waals surface area contributed by atoms with Crippen molar-refractivity contribution in [2.75, 3.05) is 37.6 Å². The van der Waals surface area contributed by atoms with Crippen LogP contribution in [-0.2, 0) is 0 Å². The fourth-order valence-corrected chi connectivity index (χ4v) is 2.88. The molecule has 0 aromatic carbocycles. The lowest BCUT2D eigenvalue weighted by molar-refractivity contribution is 0.193. The maximum Gasteiger partial charge on any atom is 0.317 e. The van der Waals surface area contributed by atoms with Gasteiger partial charge in [-0.3, -0.25) is 0 Å². The van der Waals surface area contributed by atoms with Gasteiger partial charge >= 0.3 is 6.03 Å². The standard InChI is InChI=1S/C17H19N5O3/c18-10-13-16(25-15(20-13)14-2-1-9-24-14)21-5-7-22(8-6-21)17(23)19-11-12-3-4-12/h1-2,9,12H,3-8,11H2,(H,19,23). The summed E-state index contributed by atoms with van der Waals surface area (Å²) in [6.07, 6.45) is 3.97. The van der Waals surface area contributed by atoms with Crippen LogP contribution in [0.25, 0.3) is 11.7 Å². The summed E-state index contributed by atoms with van der Waals surface area (Å²) in [6.45, 7) is 3.12. The molecular formula is C17H19N5O3. The molecule has 2 aromatic rings. The number of carbonyl (C=O) groups excluding carboxylic acids is 1. The first-order valence-electron chi connectivity index (χ1n) is 8.47. The number of carbonyl (C=O) groups is 1. The van der Waals surface area contributed by atoms with Gasteiger partial charge in [0.1, 0.15) is 6.07 Å². The van der Waals surface area contributed by atoms with Gasteiger partial charge < -0.3 is 24.0 Å². The molecule has 0 spiro atoms. The highest BCUT2D eigenvalue weighted by Crippen LogP contribution is 2.29. The summed E-state index contributed by atoms with van der Waals surface area (Å²) in [5.41, 5.74) is 0.234. The van der Waals surface area contributed by atoms with E-state index in [0.29, 0.717) is 49.6 Å². The molecule has 8 heteroatoms. The van der Waals surface area contributed by atoms with Crippen molar-refractivity contribution < 1.29 is 13.6 Å². The molecule has 0 atom stereocenters. The zero-order chi connectivity index (χ0) is 17.2. The van der Waals surface area contributed by atoms with Crippen LogP contribution in [0.4, 0.5) is 10.7 Å². The Morgan fingerprint density at radius 3 is 2.80 bits per heavy atom. The van der Waals surface area contributed by atoms with Crippen molar-refractivity contribution in [3.8, 4) is 17.7 Å². The molecule has 1 saturated carbocycles. The largest absolute Gasteiger partial charge is 0.459 e. The number of urea groups is 1. The molecule has 0 bridgehead atoms. The van der Waals surface area contributed by atoms with Crippen molar-refractivity contribution in [3.63, 3.8) is 0 Å². The van der Waals surface area contributed by atoms with Crippen LogP contribution < -0.4 is 10.2 Å². The van der Waals surface area contributed by atoms with Gasteiger partial charge in [0.25, 0.3) is 5.89 Å². The summed E-state index contributed by atoms with van der Waals surface area (Å²) < 4.78 is 11.0. The molecule has 25 heavy (non-hydrogen) atoms. The monoisotopic (exact) mass is 341 g/mol.